The van der Waals surface area contributed by atoms with Crippen LogP contribution in [0.4, 0.5) is 0 Å². The van der Waals surface area contributed by atoms with Crippen LogP contribution in [0.5, 0.6) is 0 Å². The molecule has 0 aromatic heterocycles. The van der Waals surface area contributed by atoms with Gasteiger partial charge in [-0.1, -0.05) is 97.3 Å². The van der Waals surface area contributed by atoms with Crippen LogP contribution in [0.25, 0.3) is 0 Å². The zero-order chi connectivity index (χ0) is 19.4. The third-order valence-corrected chi connectivity index (χ3v) is 14.9. The van der Waals surface area contributed by atoms with Gasteiger partial charge in [0.25, 0.3) is 0 Å². The molecule has 0 aliphatic rings. The first-order valence-electron chi connectivity index (χ1n) is 11.1. The van der Waals surface area contributed by atoms with E-state index in [9.17, 15) is 0 Å². The van der Waals surface area contributed by atoms with Crippen LogP contribution in [0.3, 0.4) is 0 Å². The molecule has 148 valence electrons. The molecule has 0 unspecified atom stereocenters. The first kappa shape index (κ1) is 23.9. The van der Waals surface area contributed by atoms with Crippen LogP contribution in [0, 0.1) is 11.8 Å². The lowest BCUT2D eigenvalue weighted by molar-refractivity contribution is 0.671. The largest absolute Gasteiger partial charge is 0.199 e. The molecule has 0 heterocycles. The molecule has 1 aromatic carbocycles. The van der Waals surface area contributed by atoms with E-state index in [1.54, 1.807) is 0 Å². The second kappa shape index (κ2) is 13.1. The molecule has 0 nitrogen and oxygen atoms in total. The van der Waals surface area contributed by atoms with Crippen molar-refractivity contribution in [2.24, 2.45) is 11.8 Å². The quantitative estimate of drug-likeness (QED) is 0.184. The average molecular weight is 390 g/mol. The van der Waals surface area contributed by atoms with Crippen molar-refractivity contribution in [1.29, 1.82) is 0 Å². The Bertz CT molecular complexity index is 494. The fraction of sp³-hybridized carbons (Fsp3) is 0.667. The molecule has 26 heavy (non-hydrogen) atoms. The van der Waals surface area contributed by atoms with E-state index in [0.29, 0.717) is 0 Å². The Morgan fingerprint density at radius 2 is 1.50 bits per heavy atom. The Morgan fingerprint density at radius 3 is 2.00 bits per heavy atom. The maximum absolute atomic E-state index is 2.67. The lowest BCUT2D eigenvalue weighted by Gasteiger charge is -2.42. The number of hydrogen-bond acceptors (Lipinski definition) is 1. The van der Waals surface area contributed by atoms with Gasteiger partial charge in [-0.05, 0) is 18.6 Å². The molecule has 0 amide bonds. The molecule has 0 fully saturated rings. The molecule has 0 aliphatic carbocycles. The zero-order valence-electron chi connectivity index (χ0n) is 18.3. The lowest BCUT2D eigenvalue weighted by atomic mass is 10.2. The second-order valence-corrected chi connectivity index (χ2v) is 15.7. The van der Waals surface area contributed by atoms with Crippen molar-refractivity contribution in [3.05, 3.63) is 40.2 Å². The minimum absolute atomic E-state index is 0.807. The van der Waals surface area contributed by atoms with Crippen molar-refractivity contribution in [3.63, 3.8) is 0 Å². The smallest absolute Gasteiger partial charge is 0.177 e. The topological polar surface area (TPSA) is 0 Å². The molecule has 2 heteroatoms. The summed E-state index contributed by atoms with van der Waals surface area (Å²) >= 11 is 0.271. The predicted octanol–water partition coefficient (Wildman–Crippen LogP) is 8.95. The number of thioether (sulfide) groups is 1. The normalized spacial score (nSPS) is 13.0. The summed E-state index contributed by atoms with van der Waals surface area (Å²) in [6.45, 7) is 14.4. The van der Waals surface area contributed by atoms with E-state index >= 15 is 0 Å². The van der Waals surface area contributed by atoms with Crippen molar-refractivity contribution in [2.75, 3.05) is 0 Å². The monoisotopic (exact) mass is 389 g/mol. The summed E-state index contributed by atoms with van der Waals surface area (Å²) in [5, 5.41) is 4.45. The fourth-order valence-corrected chi connectivity index (χ4v) is 14.6. The lowest BCUT2D eigenvalue weighted by Crippen LogP contribution is -2.39. The minimum atomic E-state index is -1.84. The van der Waals surface area contributed by atoms with Crippen molar-refractivity contribution in [2.45, 2.75) is 94.4 Å². The predicted molar refractivity (Wildman–Crippen MR) is 125 cm³/mol. The van der Waals surface area contributed by atoms with Crippen molar-refractivity contribution in [3.8, 4) is 0 Å². The molecule has 0 radical (unpaired) electrons. The first-order valence-corrected chi connectivity index (χ1v) is 14.9. The molecule has 0 bridgehead atoms. The summed E-state index contributed by atoms with van der Waals surface area (Å²) < 4.78 is 1.81. The van der Waals surface area contributed by atoms with Gasteiger partial charge in [-0.25, -0.2) is 0 Å². The fourth-order valence-electron chi connectivity index (χ4n) is 4.60. The highest BCUT2D eigenvalue weighted by Crippen LogP contribution is 2.44. The van der Waals surface area contributed by atoms with Gasteiger partial charge in [-0.15, -0.1) is 17.8 Å². The van der Waals surface area contributed by atoms with Gasteiger partial charge >= 0.3 is 0 Å². The van der Waals surface area contributed by atoms with E-state index in [1.165, 1.54) is 52.8 Å². The zero-order valence-corrected chi connectivity index (χ0v) is 20.2. The number of allylic oxidation sites excluding steroid dienone is 1. The van der Waals surface area contributed by atoms with E-state index in [1.807, 2.05) is 3.77 Å². The van der Waals surface area contributed by atoms with E-state index < -0.39 is 13.1 Å². The third-order valence-electron chi connectivity index (χ3n) is 5.44. The van der Waals surface area contributed by atoms with Crippen LogP contribution < -0.4 is 0 Å². The van der Waals surface area contributed by atoms with Gasteiger partial charge < -0.3 is 0 Å². The Morgan fingerprint density at radius 1 is 0.923 bits per heavy atom. The van der Waals surface area contributed by atoms with Crippen LogP contribution in [-0.2, 0) is 0 Å². The molecule has 0 saturated carbocycles. The SMILES string of the molecule is CCCC/C=[C](/Sc1ccccc1)[Al-]([CH2]CCC)([CH2]C(C)C)[CH2]C(C)C. The van der Waals surface area contributed by atoms with Crippen molar-refractivity contribution >= 4 is 24.8 Å². The number of hydrogen-bond donors (Lipinski definition) is 0. The molecular weight excluding hydrogens is 347 g/mol. The Labute approximate surface area is 170 Å². The van der Waals surface area contributed by atoms with Crippen molar-refractivity contribution in [1.82, 2.24) is 0 Å². The van der Waals surface area contributed by atoms with E-state index in [0.717, 1.165) is 11.8 Å². The summed E-state index contributed by atoms with van der Waals surface area (Å²) in [7, 11) is 0. The summed E-state index contributed by atoms with van der Waals surface area (Å²) in [6, 6.07) is 11.1. The standard InChI is InChI=1S/C12H15S.3C4H9.Al/c1-2-3-4-8-11-13-12-9-6-5-7-10-12;2*1-4(2)3;1-3-4-2;/h5-10H,2-4H2,1H3;2*4H,1H2,2-3H3;1,3-4H2,2H3;/q;;;;-1. The Balaban J connectivity index is 3.27. The summed E-state index contributed by atoms with van der Waals surface area (Å²) in [5.74, 6) is 1.61. The highest BCUT2D eigenvalue weighted by molar-refractivity contribution is 8.05. The third kappa shape index (κ3) is 8.69. The van der Waals surface area contributed by atoms with E-state index in [2.05, 4.69) is 89.7 Å². The van der Waals surface area contributed by atoms with E-state index in [4.69, 9.17) is 0 Å². The van der Waals surface area contributed by atoms with Gasteiger partial charge in [0.05, 0.1) is 0 Å². The molecule has 0 N–H and O–H groups in total. The molecule has 0 aliphatic heterocycles. The van der Waals surface area contributed by atoms with Gasteiger partial charge in [0.15, 0.2) is 13.1 Å². The number of benzene rings is 1. The molecule has 0 atom stereocenters. The second-order valence-electron chi connectivity index (χ2n) is 9.04. The van der Waals surface area contributed by atoms with Crippen LogP contribution in [0.15, 0.2) is 45.1 Å². The Hall–Kier alpha value is -0.158. The number of rotatable bonds is 13. The molecule has 1 aromatic rings. The summed E-state index contributed by atoms with van der Waals surface area (Å²) in [4.78, 5) is 1.43. The molecular formula is C24H42AlS-. The number of unbranched alkanes of at least 4 members (excludes halogenated alkanes) is 3. The van der Waals surface area contributed by atoms with Crippen LogP contribution in [0.1, 0.15) is 73.6 Å². The molecule has 1 rings (SSSR count). The summed E-state index contributed by atoms with van der Waals surface area (Å²) in [6.07, 6.45) is 9.29. The van der Waals surface area contributed by atoms with E-state index in [-0.39, 0.29) is 0 Å². The van der Waals surface area contributed by atoms with Gasteiger partial charge in [-0.2, -0.15) is 19.6 Å². The summed E-state index contributed by atoms with van der Waals surface area (Å²) in [5.41, 5.74) is 0. The molecule has 0 saturated heterocycles. The van der Waals surface area contributed by atoms with Gasteiger partial charge in [-0.3, -0.25) is 0 Å². The highest BCUT2D eigenvalue weighted by Gasteiger charge is 2.34. The maximum atomic E-state index is 2.67. The minimum Gasteiger partial charge on any atom is -0.199 e. The maximum Gasteiger partial charge on any atom is 0.177 e. The van der Waals surface area contributed by atoms with Gasteiger partial charge in [0.2, 0.25) is 0 Å². The first-order chi connectivity index (χ1) is 12.4. The highest BCUT2D eigenvalue weighted by atomic mass is 32.2. The van der Waals surface area contributed by atoms with Gasteiger partial charge in [0.1, 0.15) is 0 Å². The molecule has 0 spiro atoms. The van der Waals surface area contributed by atoms with Gasteiger partial charge in [0, 0.05) is 4.90 Å². The van der Waals surface area contributed by atoms with Crippen LogP contribution >= 0.6 is 11.8 Å². The van der Waals surface area contributed by atoms with Crippen LogP contribution in [0.2, 0.25) is 15.8 Å². The van der Waals surface area contributed by atoms with Crippen molar-refractivity contribution < 1.29 is 0 Å². The Kier molecular flexibility index (Phi) is 12.0. The van der Waals surface area contributed by atoms with Crippen LogP contribution in [-0.4, -0.2) is 13.1 Å². The average Bonchev–Trinajstić information content (AvgIpc) is 2.59.